The molecule has 0 saturated carbocycles. The molecule has 1 saturated heterocycles. The number of carbonyl (C=O) groups is 1. The Kier molecular flexibility index (Phi) is 4.05. The van der Waals surface area contributed by atoms with Crippen molar-refractivity contribution < 1.29 is 9.53 Å². The number of aromatic nitrogens is 2. The molecule has 3 heterocycles. The first-order valence-corrected chi connectivity index (χ1v) is 8.47. The molecule has 1 fully saturated rings. The number of hydrogen-bond acceptors (Lipinski definition) is 6. The molecular weight excluding hydrogens is 306 g/mol. The lowest BCUT2D eigenvalue weighted by Gasteiger charge is -2.32. The zero-order chi connectivity index (χ0) is 15.0. The summed E-state index contributed by atoms with van der Waals surface area (Å²) in [6.07, 6.45) is -0.117. The molecule has 0 radical (unpaired) electrons. The van der Waals surface area contributed by atoms with E-state index in [4.69, 9.17) is 4.74 Å². The first-order valence-electron chi connectivity index (χ1n) is 6.82. The number of carbonyl (C=O) groups excluding carboxylic acids is 1. The van der Waals surface area contributed by atoms with Crippen LogP contribution in [0.15, 0.2) is 5.38 Å². The number of nitrogens with zero attached hydrogens (tertiary/aromatic N) is 3. The third-order valence-corrected chi connectivity index (χ3v) is 5.41. The van der Waals surface area contributed by atoms with Crippen LogP contribution < -0.4 is 0 Å². The van der Waals surface area contributed by atoms with Gasteiger partial charge in [0, 0.05) is 22.5 Å². The van der Waals surface area contributed by atoms with Gasteiger partial charge in [-0.25, -0.2) is 4.98 Å². The van der Waals surface area contributed by atoms with Gasteiger partial charge in [-0.3, -0.25) is 4.79 Å². The molecule has 21 heavy (non-hydrogen) atoms. The third kappa shape index (κ3) is 2.86. The highest BCUT2D eigenvalue weighted by atomic mass is 32.1. The average molecular weight is 323 g/mol. The zero-order valence-electron chi connectivity index (χ0n) is 12.3. The van der Waals surface area contributed by atoms with Crippen LogP contribution in [0.1, 0.15) is 37.7 Å². The number of morpholine rings is 1. The van der Waals surface area contributed by atoms with Crippen molar-refractivity contribution in [3.63, 3.8) is 0 Å². The standard InChI is InChI=1S/C14H17N3O2S2/c1-8-7-20-13(15-8)11-6-17(4-5-19-11)14(18)12-9(2)16-21-10(12)3/h7,11H,4-6H2,1-3H3. The van der Waals surface area contributed by atoms with Gasteiger partial charge in [-0.2, -0.15) is 4.37 Å². The highest BCUT2D eigenvalue weighted by molar-refractivity contribution is 7.09. The SMILES string of the molecule is Cc1csc(C2CN(C(=O)c3c(C)nsc3C)CCO2)n1. The van der Waals surface area contributed by atoms with E-state index in [1.807, 2.05) is 31.1 Å². The Balaban J connectivity index is 1.78. The van der Waals surface area contributed by atoms with Crippen LogP contribution in [0, 0.1) is 20.8 Å². The van der Waals surface area contributed by atoms with Crippen LogP contribution in [0.4, 0.5) is 0 Å². The van der Waals surface area contributed by atoms with E-state index >= 15 is 0 Å². The molecule has 7 heteroatoms. The van der Waals surface area contributed by atoms with Gasteiger partial charge in [0.2, 0.25) is 0 Å². The van der Waals surface area contributed by atoms with Crippen LogP contribution in [0.2, 0.25) is 0 Å². The minimum Gasteiger partial charge on any atom is -0.367 e. The maximum Gasteiger partial charge on any atom is 0.257 e. The van der Waals surface area contributed by atoms with E-state index in [1.54, 1.807) is 11.3 Å². The normalized spacial score (nSPS) is 19.0. The molecule has 1 amide bonds. The first kappa shape index (κ1) is 14.6. The van der Waals surface area contributed by atoms with Gasteiger partial charge in [-0.15, -0.1) is 11.3 Å². The van der Waals surface area contributed by atoms with Crippen molar-refractivity contribution >= 4 is 28.8 Å². The quantitative estimate of drug-likeness (QED) is 0.853. The molecule has 5 nitrogen and oxygen atoms in total. The van der Waals surface area contributed by atoms with E-state index in [-0.39, 0.29) is 12.0 Å². The first-order chi connectivity index (χ1) is 10.1. The van der Waals surface area contributed by atoms with Gasteiger partial charge in [0.25, 0.3) is 5.91 Å². The summed E-state index contributed by atoms with van der Waals surface area (Å²) < 4.78 is 10.0. The largest absolute Gasteiger partial charge is 0.367 e. The van der Waals surface area contributed by atoms with Crippen molar-refractivity contribution in [1.82, 2.24) is 14.3 Å². The Morgan fingerprint density at radius 2 is 2.24 bits per heavy atom. The molecule has 1 unspecified atom stereocenters. The number of amides is 1. The van der Waals surface area contributed by atoms with E-state index in [0.29, 0.717) is 19.7 Å². The Morgan fingerprint density at radius 1 is 1.43 bits per heavy atom. The Morgan fingerprint density at radius 3 is 2.86 bits per heavy atom. The summed E-state index contributed by atoms with van der Waals surface area (Å²) >= 11 is 2.97. The molecule has 0 aromatic carbocycles. The summed E-state index contributed by atoms with van der Waals surface area (Å²) in [5.41, 5.74) is 2.56. The lowest BCUT2D eigenvalue weighted by Crippen LogP contribution is -2.42. The molecular formula is C14H17N3O2S2. The lowest BCUT2D eigenvalue weighted by atomic mass is 10.1. The molecule has 2 aromatic heterocycles. The second kappa shape index (κ2) is 5.82. The smallest absolute Gasteiger partial charge is 0.257 e. The van der Waals surface area contributed by atoms with Gasteiger partial charge in [-0.05, 0) is 32.3 Å². The van der Waals surface area contributed by atoms with Crippen molar-refractivity contribution in [1.29, 1.82) is 0 Å². The van der Waals surface area contributed by atoms with E-state index in [0.717, 1.165) is 26.8 Å². The van der Waals surface area contributed by atoms with Crippen LogP contribution >= 0.6 is 22.9 Å². The van der Waals surface area contributed by atoms with Crippen molar-refractivity contribution in [3.8, 4) is 0 Å². The van der Waals surface area contributed by atoms with Gasteiger partial charge in [0.15, 0.2) is 0 Å². The fourth-order valence-corrected chi connectivity index (χ4v) is 3.98. The molecule has 0 N–H and O–H groups in total. The van der Waals surface area contributed by atoms with Crippen LogP contribution in [-0.4, -0.2) is 39.9 Å². The molecule has 0 spiro atoms. The molecule has 1 aliphatic heterocycles. The van der Waals surface area contributed by atoms with Crippen LogP contribution in [0.3, 0.4) is 0 Å². The van der Waals surface area contributed by atoms with Crippen molar-refractivity contribution in [2.45, 2.75) is 26.9 Å². The molecule has 0 bridgehead atoms. The predicted molar refractivity (Wildman–Crippen MR) is 83.0 cm³/mol. The minimum absolute atomic E-state index is 0.0559. The van der Waals surface area contributed by atoms with Crippen LogP contribution in [0.25, 0.3) is 0 Å². The van der Waals surface area contributed by atoms with Crippen molar-refractivity contribution in [2.75, 3.05) is 19.7 Å². The second-order valence-electron chi connectivity index (χ2n) is 5.14. The van der Waals surface area contributed by atoms with Crippen LogP contribution in [0.5, 0.6) is 0 Å². The van der Waals surface area contributed by atoms with Gasteiger partial charge in [0.1, 0.15) is 11.1 Å². The molecule has 112 valence electrons. The van der Waals surface area contributed by atoms with Gasteiger partial charge >= 0.3 is 0 Å². The topological polar surface area (TPSA) is 55.3 Å². The maximum atomic E-state index is 12.7. The van der Waals surface area contributed by atoms with E-state index in [2.05, 4.69) is 9.36 Å². The average Bonchev–Trinajstić information content (AvgIpc) is 3.05. The highest BCUT2D eigenvalue weighted by Crippen LogP contribution is 2.27. The van der Waals surface area contributed by atoms with E-state index in [9.17, 15) is 4.79 Å². The summed E-state index contributed by atoms with van der Waals surface area (Å²) in [5.74, 6) is 0.0559. The van der Waals surface area contributed by atoms with E-state index < -0.39 is 0 Å². The van der Waals surface area contributed by atoms with Crippen molar-refractivity contribution in [3.05, 3.63) is 32.2 Å². The fraction of sp³-hybridized carbons (Fsp3) is 0.500. The third-order valence-electron chi connectivity index (χ3n) is 3.51. The summed E-state index contributed by atoms with van der Waals surface area (Å²) in [6.45, 7) is 7.52. The Labute approximate surface area is 131 Å². The number of aryl methyl sites for hydroxylation is 3. The Bertz CT molecular complexity index is 645. The summed E-state index contributed by atoms with van der Waals surface area (Å²) in [4.78, 5) is 20.0. The van der Waals surface area contributed by atoms with Crippen molar-refractivity contribution in [2.24, 2.45) is 0 Å². The molecule has 0 aliphatic carbocycles. The highest BCUT2D eigenvalue weighted by Gasteiger charge is 2.29. The minimum atomic E-state index is -0.117. The molecule has 1 aliphatic rings. The number of thiazole rings is 1. The summed E-state index contributed by atoms with van der Waals surface area (Å²) in [7, 11) is 0. The summed E-state index contributed by atoms with van der Waals surface area (Å²) in [5, 5.41) is 2.96. The monoisotopic (exact) mass is 323 g/mol. The number of rotatable bonds is 2. The summed E-state index contributed by atoms with van der Waals surface area (Å²) in [6, 6.07) is 0. The Hall–Kier alpha value is -1.31. The fourth-order valence-electron chi connectivity index (χ4n) is 2.45. The number of hydrogen-bond donors (Lipinski definition) is 0. The van der Waals surface area contributed by atoms with Gasteiger partial charge in [-0.1, -0.05) is 0 Å². The predicted octanol–water partition coefficient (Wildman–Crippen LogP) is 2.74. The van der Waals surface area contributed by atoms with Gasteiger partial charge in [0.05, 0.1) is 24.4 Å². The van der Waals surface area contributed by atoms with E-state index in [1.165, 1.54) is 11.5 Å². The van der Waals surface area contributed by atoms with Gasteiger partial charge < -0.3 is 9.64 Å². The molecule has 1 atom stereocenters. The second-order valence-corrected chi connectivity index (χ2v) is 7.00. The van der Waals surface area contributed by atoms with Crippen LogP contribution in [-0.2, 0) is 4.74 Å². The molecule has 3 rings (SSSR count). The molecule has 2 aromatic rings. The number of ether oxygens (including phenoxy) is 1. The lowest BCUT2D eigenvalue weighted by molar-refractivity contribution is -0.0229. The maximum absolute atomic E-state index is 12.7. The zero-order valence-corrected chi connectivity index (χ0v) is 13.9.